The molecular weight excluding hydrogens is 356 g/mol. The van der Waals surface area contributed by atoms with Crippen molar-refractivity contribution in [2.45, 2.75) is 13.8 Å². The Labute approximate surface area is 162 Å². The number of aromatic nitrogens is 2. The summed E-state index contributed by atoms with van der Waals surface area (Å²) in [5, 5.41) is 5.92. The van der Waals surface area contributed by atoms with Crippen molar-refractivity contribution in [3.05, 3.63) is 77.2 Å². The first-order valence-corrected chi connectivity index (χ1v) is 8.62. The lowest BCUT2D eigenvalue weighted by Crippen LogP contribution is -2.15. The molecule has 0 aliphatic carbocycles. The fourth-order valence-corrected chi connectivity index (χ4v) is 2.68. The van der Waals surface area contributed by atoms with Gasteiger partial charge < -0.3 is 15.4 Å². The zero-order chi connectivity index (χ0) is 20.1. The third-order valence-corrected chi connectivity index (χ3v) is 4.09. The molecule has 0 unspecified atom stereocenters. The molecule has 142 valence electrons. The molecule has 0 saturated heterocycles. The van der Waals surface area contributed by atoms with Crippen LogP contribution in [0.2, 0.25) is 0 Å². The molecule has 1 heterocycles. The lowest BCUT2D eigenvalue weighted by atomic mass is 10.1. The first-order chi connectivity index (χ1) is 13.5. The highest BCUT2D eigenvalue weighted by atomic mass is 16.5. The molecule has 2 aromatic carbocycles. The number of esters is 1. The summed E-state index contributed by atoms with van der Waals surface area (Å²) in [6.07, 6.45) is 1.31. The highest BCUT2D eigenvalue weighted by Crippen LogP contribution is 2.19. The zero-order valence-electron chi connectivity index (χ0n) is 15.8. The quantitative estimate of drug-likeness (QED) is 0.657. The van der Waals surface area contributed by atoms with Crippen LogP contribution in [0.3, 0.4) is 0 Å². The highest BCUT2D eigenvalue weighted by molar-refractivity contribution is 6.03. The molecule has 1 amide bonds. The smallest absolute Gasteiger partial charge is 0.337 e. The molecule has 7 nitrogen and oxygen atoms in total. The standard InChI is InChI=1S/C21H20N4O3/c1-13-7-8-17(14(2)9-13)25-20(26)18-11-19(23-12-22-18)24-16-6-4-5-15(10-16)21(27)28-3/h4-12H,1-3H3,(H,25,26)(H,22,23,24). The van der Waals surface area contributed by atoms with E-state index in [2.05, 4.69) is 20.6 Å². The maximum atomic E-state index is 12.5. The number of ether oxygens (including phenoxy) is 1. The number of carbonyl (C=O) groups is 2. The summed E-state index contributed by atoms with van der Waals surface area (Å²) in [6.45, 7) is 3.93. The molecule has 1 aromatic heterocycles. The summed E-state index contributed by atoms with van der Waals surface area (Å²) in [4.78, 5) is 32.4. The molecule has 0 spiro atoms. The van der Waals surface area contributed by atoms with Crippen LogP contribution in [-0.4, -0.2) is 29.0 Å². The van der Waals surface area contributed by atoms with E-state index in [1.807, 2.05) is 32.0 Å². The van der Waals surface area contributed by atoms with E-state index in [9.17, 15) is 9.59 Å². The second kappa shape index (κ2) is 8.30. The van der Waals surface area contributed by atoms with Crippen LogP contribution in [0.5, 0.6) is 0 Å². The van der Waals surface area contributed by atoms with Crippen LogP contribution in [0, 0.1) is 13.8 Å². The fourth-order valence-electron chi connectivity index (χ4n) is 2.68. The van der Waals surface area contributed by atoms with Crippen molar-refractivity contribution in [2.75, 3.05) is 17.7 Å². The maximum absolute atomic E-state index is 12.5. The van der Waals surface area contributed by atoms with E-state index in [1.165, 1.54) is 13.4 Å². The van der Waals surface area contributed by atoms with Gasteiger partial charge in [-0.1, -0.05) is 23.8 Å². The van der Waals surface area contributed by atoms with Crippen LogP contribution in [0.1, 0.15) is 32.0 Å². The Morgan fingerprint density at radius 3 is 2.57 bits per heavy atom. The van der Waals surface area contributed by atoms with Gasteiger partial charge >= 0.3 is 5.97 Å². The van der Waals surface area contributed by atoms with E-state index >= 15 is 0 Å². The average Bonchev–Trinajstić information content (AvgIpc) is 2.70. The van der Waals surface area contributed by atoms with Crippen LogP contribution in [0.25, 0.3) is 0 Å². The predicted octanol–water partition coefficient (Wildman–Crippen LogP) is 3.88. The van der Waals surface area contributed by atoms with Crippen molar-refractivity contribution in [1.29, 1.82) is 0 Å². The minimum atomic E-state index is -0.431. The minimum Gasteiger partial charge on any atom is -0.465 e. The van der Waals surface area contributed by atoms with Gasteiger partial charge in [-0.05, 0) is 43.7 Å². The van der Waals surface area contributed by atoms with Gasteiger partial charge in [-0.25, -0.2) is 14.8 Å². The average molecular weight is 376 g/mol. The number of amides is 1. The third kappa shape index (κ3) is 4.50. The summed E-state index contributed by atoms with van der Waals surface area (Å²) in [5.41, 5.74) is 4.10. The molecule has 0 saturated carbocycles. The third-order valence-electron chi connectivity index (χ3n) is 4.09. The van der Waals surface area contributed by atoms with Crippen LogP contribution in [0.4, 0.5) is 17.2 Å². The van der Waals surface area contributed by atoms with E-state index in [4.69, 9.17) is 4.74 Å². The normalized spacial score (nSPS) is 10.2. The number of hydrogen-bond donors (Lipinski definition) is 2. The zero-order valence-corrected chi connectivity index (χ0v) is 15.8. The maximum Gasteiger partial charge on any atom is 0.337 e. The molecule has 28 heavy (non-hydrogen) atoms. The number of benzene rings is 2. The van der Waals surface area contributed by atoms with Crippen LogP contribution in [0.15, 0.2) is 54.9 Å². The topological polar surface area (TPSA) is 93.2 Å². The molecule has 0 aliphatic rings. The van der Waals surface area contributed by atoms with E-state index < -0.39 is 5.97 Å². The molecule has 2 N–H and O–H groups in total. The Bertz CT molecular complexity index is 1030. The minimum absolute atomic E-state index is 0.224. The monoisotopic (exact) mass is 376 g/mol. The SMILES string of the molecule is COC(=O)c1cccc(Nc2cc(C(=O)Nc3ccc(C)cc3C)ncn2)c1. The number of nitrogens with zero attached hydrogens (tertiary/aromatic N) is 2. The second-order valence-electron chi connectivity index (χ2n) is 6.26. The number of aryl methyl sites for hydroxylation is 2. The van der Waals surface area contributed by atoms with Gasteiger partial charge in [0.2, 0.25) is 0 Å². The molecule has 0 fully saturated rings. The number of carbonyl (C=O) groups excluding carboxylic acids is 2. The number of hydrogen-bond acceptors (Lipinski definition) is 6. The van der Waals surface area contributed by atoms with Gasteiger partial charge in [-0.15, -0.1) is 0 Å². The van der Waals surface area contributed by atoms with Gasteiger partial charge in [0.25, 0.3) is 5.91 Å². The fraction of sp³-hybridized carbons (Fsp3) is 0.143. The summed E-state index contributed by atoms with van der Waals surface area (Å²) in [7, 11) is 1.33. The Morgan fingerprint density at radius 1 is 1.00 bits per heavy atom. The van der Waals surface area contributed by atoms with Gasteiger partial charge in [-0.3, -0.25) is 4.79 Å². The number of anilines is 3. The first-order valence-electron chi connectivity index (χ1n) is 8.62. The summed E-state index contributed by atoms with van der Waals surface area (Å²) in [6, 6.07) is 14.1. The lowest BCUT2D eigenvalue weighted by molar-refractivity contribution is 0.0600. The summed E-state index contributed by atoms with van der Waals surface area (Å²) in [5.74, 6) is -0.330. The van der Waals surface area contributed by atoms with Gasteiger partial charge in [0.05, 0.1) is 12.7 Å². The predicted molar refractivity (Wildman–Crippen MR) is 107 cm³/mol. The highest BCUT2D eigenvalue weighted by Gasteiger charge is 2.11. The summed E-state index contributed by atoms with van der Waals surface area (Å²) < 4.78 is 4.72. The van der Waals surface area contributed by atoms with Gasteiger partial charge in [0.1, 0.15) is 17.8 Å². The van der Waals surface area contributed by atoms with Gasteiger partial charge in [0.15, 0.2) is 0 Å². The molecule has 0 bridgehead atoms. The van der Waals surface area contributed by atoms with Crippen LogP contribution >= 0.6 is 0 Å². The van der Waals surface area contributed by atoms with Crippen molar-refractivity contribution in [3.8, 4) is 0 Å². The van der Waals surface area contributed by atoms with Crippen molar-refractivity contribution in [2.24, 2.45) is 0 Å². The number of nitrogens with one attached hydrogen (secondary N) is 2. The lowest BCUT2D eigenvalue weighted by Gasteiger charge is -2.10. The van der Waals surface area contributed by atoms with Crippen LogP contribution < -0.4 is 10.6 Å². The Hall–Kier alpha value is -3.74. The van der Waals surface area contributed by atoms with Crippen LogP contribution in [-0.2, 0) is 4.74 Å². The number of rotatable bonds is 5. The first kappa shape index (κ1) is 19.0. The molecule has 3 aromatic rings. The molecule has 3 rings (SSSR count). The van der Waals surface area contributed by atoms with Crippen molar-refractivity contribution < 1.29 is 14.3 Å². The molecule has 0 radical (unpaired) electrons. The molecular formula is C21H20N4O3. The van der Waals surface area contributed by atoms with Crippen molar-refractivity contribution in [1.82, 2.24) is 9.97 Å². The van der Waals surface area contributed by atoms with Crippen molar-refractivity contribution >= 4 is 29.1 Å². The summed E-state index contributed by atoms with van der Waals surface area (Å²) >= 11 is 0. The molecule has 0 atom stereocenters. The van der Waals surface area contributed by atoms with Gasteiger partial charge in [-0.2, -0.15) is 0 Å². The molecule has 7 heteroatoms. The molecule has 0 aliphatic heterocycles. The van der Waals surface area contributed by atoms with E-state index in [0.717, 1.165) is 16.8 Å². The van der Waals surface area contributed by atoms with Crippen molar-refractivity contribution in [3.63, 3.8) is 0 Å². The van der Waals surface area contributed by atoms with E-state index in [0.29, 0.717) is 17.1 Å². The van der Waals surface area contributed by atoms with Gasteiger partial charge in [0, 0.05) is 17.4 Å². The Morgan fingerprint density at radius 2 is 1.82 bits per heavy atom. The second-order valence-corrected chi connectivity index (χ2v) is 6.26. The Balaban J connectivity index is 1.77. The van der Waals surface area contributed by atoms with E-state index in [1.54, 1.807) is 30.3 Å². The largest absolute Gasteiger partial charge is 0.465 e. The number of methoxy groups -OCH3 is 1. The Kier molecular flexibility index (Phi) is 5.64. The van der Waals surface area contributed by atoms with E-state index in [-0.39, 0.29) is 11.6 Å².